The van der Waals surface area contributed by atoms with Crippen molar-refractivity contribution in [2.45, 2.75) is 25.7 Å². The van der Waals surface area contributed by atoms with Gasteiger partial charge in [0.15, 0.2) is 0 Å². The molecule has 0 atom stereocenters. The average Bonchev–Trinajstić information content (AvgIpc) is 2.44. The van der Waals surface area contributed by atoms with Gasteiger partial charge in [-0.15, -0.1) is 0 Å². The molecule has 1 N–H and O–H groups in total. The Morgan fingerprint density at radius 1 is 1.32 bits per heavy atom. The number of rotatable bonds is 5. The molecule has 1 aliphatic rings. The number of ether oxygens (including phenoxy) is 1. The summed E-state index contributed by atoms with van der Waals surface area (Å²) in [7, 11) is 1.68. The monoisotopic (exact) mass is 361 g/mol. The predicted molar refractivity (Wildman–Crippen MR) is 92.3 cm³/mol. The Hall–Kier alpha value is -1.55. The lowest BCUT2D eigenvalue weighted by Gasteiger charge is -2.24. The van der Waals surface area contributed by atoms with Crippen LogP contribution in [0.15, 0.2) is 34.8 Å². The lowest BCUT2D eigenvalue weighted by atomic mass is 9.85. The highest BCUT2D eigenvalue weighted by Crippen LogP contribution is 2.28. The number of nitrogens with one attached hydrogen (secondary N) is 1. The van der Waals surface area contributed by atoms with E-state index in [4.69, 9.17) is 4.74 Å². The maximum atomic E-state index is 11.9. The minimum atomic E-state index is 0.211. The van der Waals surface area contributed by atoms with Gasteiger partial charge in [0.1, 0.15) is 5.75 Å². The number of methoxy groups -OCH3 is 1. The van der Waals surface area contributed by atoms with E-state index in [2.05, 4.69) is 45.5 Å². The van der Waals surface area contributed by atoms with Gasteiger partial charge in [-0.3, -0.25) is 4.79 Å². The summed E-state index contributed by atoms with van der Waals surface area (Å²) in [6.07, 6.45) is 4.10. The standard InChI is InChI=1S/C18H20BrNO2/c1-22-16-6-5-13-9-15(19)10-14(17(13)11-16)7-8-20-18(21)12-3-2-4-12/h5-6,9-12H,2-4,7-8H2,1H3,(H,20,21). The molecule has 1 fully saturated rings. The van der Waals surface area contributed by atoms with Crippen LogP contribution in [0.5, 0.6) is 5.75 Å². The van der Waals surface area contributed by atoms with Crippen molar-refractivity contribution in [3.05, 3.63) is 40.4 Å². The van der Waals surface area contributed by atoms with Crippen molar-refractivity contribution in [1.82, 2.24) is 5.32 Å². The van der Waals surface area contributed by atoms with Gasteiger partial charge in [-0.2, -0.15) is 0 Å². The molecule has 2 aromatic carbocycles. The van der Waals surface area contributed by atoms with Crippen LogP contribution in [0.3, 0.4) is 0 Å². The van der Waals surface area contributed by atoms with Gasteiger partial charge in [-0.05, 0) is 59.9 Å². The first-order chi connectivity index (χ1) is 10.7. The van der Waals surface area contributed by atoms with Crippen LogP contribution < -0.4 is 10.1 Å². The van der Waals surface area contributed by atoms with Crippen molar-refractivity contribution in [1.29, 1.82) is 0 Å². The van der Waals surface area contributed by atoms with Gasteiger partial charge < -0.3 is 10.1 Å². The molecule has 3 rings (SSSR count). The van der Waals surface area contributed by atoms with E-state index < -0.39 is 0 Å². The number of halogens is 1. The third-order valence-electron chi connectivity index (χ3n) is 4.38. The van der Waals surface area contributed by atoms with Crippen LogP contribution in [0.4, 0.5) is 0 Å². The number of benzene rings is 2. The zero-order chi connectivity index (χ0) is 15.5. The molecule has 0 radical (unpaired) electrons. The first kappa shape index (κ1) is 15.3. The summed E-state index contributed by atoms with van der Waals surface area (Å²) in [6, 6.07) is 10.3. The van der Waals surface area contributed by atoms with E-state index >= 15 is 0 Å². The molecule has 2 aromatic rings. The molecule has 22 heavy (non-hydrogen) atoms. The SMILES string of the molecule is COc1ccc2cc(Br)cc(CCNC(=O)C3CCC3)c2c1. The number of carbonyl (C=O) groups is 1. The fourth-order valence-corrected chi connectivity index (χ4v) is 3.37. The third kappa shape index (κ3) is 3.27. The number of carbonyl (C=O) groups excluding carboxylic acids is 1. The molecule has 116 valence electrons. The Morgan fingerprint density at radius 3 is 2.82 bits per heavy atom. The Morgan fingerprint density at radius 2 is 2.14 bits per heavy atom. The fraction of sp³-hybridized carbons (Fsp3) is 0.389. The number of amides is 1. The number of fused-ring (bicyclic) bond motifs is 1. The zero-order valence-electron chi connectivity index (χ0n) is 12.7. The molecule has 4 heteroatoms. The molecule has 0 aliphatic heterocycles. The van der Waals surface area contributed by atoms with Crippen molar-refractivity contribution < 1.29 is 9.53 Å². The molecular formula is C18H20BrNO2. The van der Waals surface area contributed by atoms with Crippen LogP contribution in [-0.2, 0) is 11.2 Å². The van der Waals surface area contributed by atoms with E-state index in [1.165, 1.54) is 22.8 Å². The number of hydrogen-bond acceptors (Lipinski definition) is 2. The third-order valence-corrected chi connectivity index (χ3v) is 4.84. The van der Waals surface area contributed by atoms with Crippen molar-refractivity contribution in [2.24, 2.45) is 5.92 Å². The molecule has 1 aliphatic carbocycles. The lowest BCUT2D eigenvalue weighted by molar-refractivity contribution is -0.127. The van der Waals surface area contributed by atoms with Gasteiger partial charge in [0.25, 0.3) is 0 Å². The maximum absolute atomic E-state index is 11.9. The van der Waals surface area contributed by atoms with E-state index in [1.54, 1.807) is 7.11 Å². The summed E-state index contributed by atoms with van der Waals surface area (Å²) in [5.74, 6) is 1.32. The first-order valence-electron chi connectivity index (χ1n) is 7.71. The smallest absolute Gasteiger partial charge is 0.223 e. The summed E-state index contributed by atoms with van der Waals surface area (Å²) in [5.41, 5.74) is 1.22. The normalized spacial score (nSPS) is 14.6. The zero-order valence-corrected chi connectivity index (χ0v) is 14.3. The van der Waals surface area contributed by atoms with Crippen LogP contribution >= 0.6 is 15.9 Å². The minimum absolute atomic E-state index is 0.211. The summed E-state index contributed by atoms with van der Waals surface area (Å²) in [6.45, 7) is 0.679. The second-order valence-electron chi connectivity index (χ2n) is 5.82. The Kier molecular flexibility index (Phi) is 4.67. The maximum Gasteiger partial charge on any atom is 0.223 e. The average molecular weight is 362 g/mol. The van der Waals surface area contributed by atoms with E-state index in [0.717, 1.165) is 29.5 Å². The quantitative estimate of drug-likeness (QED) is 0.871. The van der Waals surface area contributed by atoms with Gasteiger partial charge in [-0.1, -0.05) is 28.4 Å². The van der Waals surface area contributed by atoms with Gasteiger partial charge in [0, 0.05) is 16.9 Å². The van der Waals surface area contributed by atoms with Crippen molar-refractivity contribution >= 4 is 32.6 Å². The number of hydrogen-bond donors (Lipinski definition) is 1. The second-order valence-corrected chi connectivity index (χ2v) is 6.74. The van der Waals surface area contributed by atoms with Gasteiger partial charge in [0.05, 0.1) is 7.11 Å². The van der Waals surface area contributed by atoms with Gasteiger partial charge in [0.2, 0.25) is 5.91 Å². The Balaban J connectivity index is 1.75. The van der Waals surface area contributed by atoms with E-state index in [0.29, 0.717) is 6.54 Å². The molecule has 1 amide bonds. The van der Waals surface area contributed by atoms with Crippen LogP contribution in [0, 0.1) is 5.92 Å². The lowest BCUT2D eigenvalue weighted by Crippen LogP contribution is -2.35. The molecule has 0 heterocycles. The topological polar surface area (TPSA) is 38.3 Å². The van der Waals surface area contributed by atoms with Gasteiger partial charge >= 0.3 is 0 Å². The molecule has 0 unspecified atom stereocenters. The highest BCUT2D eigenvalue weighted by molar-refractivity contribution is 9.10. The molecule has 3 nitrogen and oxygen atoms in total. The molecule has 0 bridgehead atoms. The molecular weight excluding hydrogens is 342 g/mol. The highest BCUT2D eigenvalue weighted by Gasteiger charge is 2.24. The van der Waals surface area contributed by atoms with Crippen LogP contribution in [0.2, 0.25) is 0 Å². The molecule has 0 spiro atoms. The second kappa shape index (κ2) is 6.69. The minimum Gasteiger partial charge on any atom is -0.497 e. The van der Waals surface area contributed by atoms with Crippen LogP contribution in [-0.4, -0.2) is 19.6 Å². The van der Waals surface area contributed by atoms with E-state index in [9.17, 15) is 4.79 Å². The van der Waals surface area contributed by atoms with Crippen LogP contribution in [0.1, 0.15) is 24.8 Å². The van der Waals surface area contributed by atoms with Crippen LogP contribution in [0.25, 0.3) is 10.8 Å². The van der Waals surface area contributed by atoms with Crippen molar-refractivity contribution in [3.63, 3.8) is 0 Å². The predicted octanol–water partition coefficient (Wildman–Crippen LogP) is 4.07. The molecule has 0 aromatic heterocycles. The first-order valence-corrected chi connectivity index (χ1v) is 8.50. The Bertz CT molecular complexity index is 695. The van der Waals surface area contributed by atoms with Crippen molar-refractivity contribution in [2.75, 3.05) is 13.7 Å². The summed E-state index contributed by atoms with van der Waals surface area (Å²) in [4.78, 5) is 11.9. The van der Waals surface area contributed by atoms with E-state index in [-0.39, 0.29) is 11.8 Å². The summed E-state index contributed by atoms with van der Waals surface area (Å²) in [5, 5.41) is 5.42. The van der Waals surface area contributed by atoms with Gasteiger partial charge in [-0.25, -0.2) is 0 Å². The molecule has 0 saturated heterocycles. The summed E-state index contributed by atoms with van der Waals surface area (Å²) < 4.78 is 6.38. The largest absolute Gasteiger partial charge is 0.497 e. The highest BCUT2D eigenvalue weighted by atomic mass is 79.9. The Labute approximate surface area is 139 Å². The van der Waals surface area contributed by atoms with E-state index in [1.807, 2.05) is 6.07 Å². The summed E-state index contributed by atoms with van der Waals surface area (Å²) >= 11 is 3.56. The fourth-order valence-electron chi connectivity index (χ4n) is 2.84. The molecule has 1 saturated carbocycles. The van der Waals surface area contributed by atoms with Crippen molar-refractivity contribution in [3.8, 4) is 5.75 Å².